The van der Waals surface area contributed by atoms with Crippen molar-refractivity contribution < 1.29 is 13.2 Å². The lowest BCUT2D eigenvalue weighted by Gasteiger charge is -2.20. The minimum atomic E-state index is -3.54. The van der Waals surface area contributed by atoms with Gasteiger partial charge in [-0.15, -0.1) is 0 Å². The van der Waals surface area contributed by atoms with E-state index in [-0.39, 0.29) is 16.0 Å². The summed E-state index contributed by atoms with van der Waals surface area (Å²) >= 11 is 0. The third-order valence-corrected chi connectivity index (χ3v) is 6.99. The fourth-order valence-electron chi connectivity index (χ4n) is 3.65. The van der Waals surface area contributed by atoms with Crippen molar-refractivity contribution in [1.29, 1.82) is 0 Å². The van der Waals surface area contributed by atoms with Crippen LogP contribution in [0.25, 0.3) is 10.9 Å². The first-order valence-corrected chi connectivity index (χ1v) is 10.7. The first-order valence-electron chi connectivity index (χ1n) is 9.28. The zero-order valence-electron chi connectivity index (χ0n) is 16.2. The number of carbonyl (C=O) groups is 1. The van der Waals surface area contributed by atoms with Gasteiger partial charge in [0.25, 0.3) is 11.5 Å². The minimum absolute atomic E-state index is 0.0709. The molecule has 1 N–H and O–H groups in total. The molecule has 0 unspecified atom stereocenters. The molecule has 2 heterocycles. The largest absolute Gasteiger partial charge is 0.322 e. The Hall–Kier alpha value is -2.97. The van der Waals surface area contributed by atoms with E-state index in [4.69, 9.17) is 0 Å². The predicted octanol–water partition coefficient (Wildman–Crippen LogP) is 2.45. The van der Waals surface area contributed by atoms with E-state index in [0.717, 1.165) is 33.6 Å². The third kappa shape index (κ3) is 3.34. The van der Waals surface area contributed by atoms with Crippen LogP contribution in [0, 0.1) is 0 Å². The van der Waals surface area contributed by atoms with Gasteiger partial charge in [0, 0.05) is 26.3 Å². The number of anilines is 1. The van der Waals surface area contributed by atoms with Crippen molar-refractivity contribution in [2.45, 2.75) is 24.3 Å². The number of nitrogens with zero attached hydrogens (tertiary/aromatic N) is 2. The summed E-state index contributed by atoms with van der Waals surface area (Å²) in [6, 6.07) is 13.3. The van der Waals surface area contributed by atoms with Crippen molar-refractivity contribution in [1.82, 2.24) is 8.87 Å². The van der Waals surface area contributed by atoms with Crippen LogP contribution in [0.1, 0.15) is 22.3 Å². The molecule has 1 amide bonds. The zero-order valence-corrected chi connectivity index (χ0v) is 17.0. The Morgan fingerprint density at radius 1 is 1.10 bits per heavy atom. The molecule has 3 aromatic rings. The summed E-state index contributed by atoms with van der Waals surface area (Å²) in [5, 5.41) is 3.56. The Balaban J connectivity index is 1.67. The van der Waals surface area contributed by atoms with Crippen LogP contribution in [0.15, 0.2) is 58.2 Å². The van der Waals surface area contributed by atoms with E-state index < -0.39 is 15.9 Å². The molecule has 0 aliphatic carbocycles. The highest BCUT2D eigenvalue weighted by Gasteiger charge is 2.20. The fraction of sp³-hybridized carbons (Fsp3) is 0.238. The molecule has 2 aromatic carbocycles. The van der Waals surface area contributed by atoms with Gasteiger partial charge in [-0.25, -0.2) is 12.7 Å². The molecular weight excluding hydrogens is 390 g/mol. The van der Waals surface area contributed by atoms with Crippen LogP contribution in [0.4, 0.5) is 5.69 Å². The van der Waals surface area contributed by atoms with Gasteiger partial charge in [-0.2, -0.15) is 0 Å². The topological polar surface area (TPSA) is 88.5 Å². The molecule has 7 nitrogen and oxygen atoms in total. The molecule has 0 fully saturated rings. The van der Waals surface area contributed by atoms with Gasteiger partial charge in [0.1, 0.15) is 5.56 Å². The van der Waals surface area contributed by atoms with Crippen molar-refractivity contribution in [2.75, 3.05) is 19.4 Å². The smallest absolute Gasteiger partial charge is 0.263 e. The van der Waals surface area contributed by atoms with Crippen molar-refractivity contribution in [3.05, 3.63) is 70.0 Å². The second kappa shape index (κ2) is 7.13. The molecule has 1 aromatic heterocycles. The average molecular weight is 411 g/mol. The van der Waals surface area contributed by atoms with Crippen LogP contribution >= 0.6 is 0 Å². The van der Waals surface area contributed by atoms with E-state index >= 15 is 0 Å². The number of hydrogen-bond acceptors (Lipinski definition) is 4. The predicted molar refractivity (Wildman–Crippen MR) is 112 cm³/mol. The summed E-state index contributed by atoms with van der Waals surface area (Å²) in [6.07, 6.45) is 1.78. The Kier molecular flexibility index (Phi) is 4.76. The number of sulfonamides is 1. The van der Waals surface area contributed by atoms with Crippen LogP contribution < -0.4 is 10.9 Å². The number of aromatic nitrogens is 1. The van der Waals surface area contributed by atoms with Crippen molar-refractivity contribution in [2.24, 2.45) is 0 Å². The SMILES string of the molecule is CN(C)S(=O)(=O)c1ccc(NC(=O)c2cc3cccc4c3n(c2=O)CCC4)cc1. The van der Waals surface area contributed by atoms with Crippen molar-refractivity contribution in [3.8, 4) is 0 Å². The number of pyridine rings is 1. The molecule has 29 heavy (non-hydrogen) atoms. The summed E-state index contributed by atoms with van der Waals surface area (Å²) in [7, 11) is -0.636. The first kappa shape index (κ1) is 19.4. The number of benzene rings is 2. The van der Waals surface area contributed by atoms with Gasteiger partial charge in [-0.3, -0.25) is 9.59 Å². The zero-order chi connectivity index (χ0) is 20.8. The number of amides is 1. The van der Waals surface area contributed by atoms with E-state index in [1.54, 1.807) is 10.6 Å². The molecule has 1 aliphatic rings. The first-order chi connectivity index (χ1) is 13.8. The van der Waals surface area contributed by atoms with Gasteiger partial charge < -0.3 is 9.88 Å². The average Bonchev–Trinajstić information content (AvgIpc) is 2.71. The molecule has 0 bridgehead atoms. The third-order valence-electron chi connectivity index (χ3n) is 5.16. The molecular formula is C21H21N3O4S. The quantitative estimate of drug-likeness (QED) is 0.714. The van der Waals surface area contributed by atoms with E-state index in [9.17, 15) is 18.0 Å². The lowest BCUT2D eigenvalue weighted by atomic mass is 10.00. The summed E-state index contributed by atoms with van der Waals surface area (Å²) in [5.74, 6) is -0.514. The molecule has 1 aliphatic heterocycles. The van der Waals surface area contributed by atoms with Gasteiger partial charge >= 0.3 is 0 Å². The van der Waals surface area contributed by atoms with E-state index in [1.165, 1.54) is 38.4 Å². The normalized spacial score (nSPS) is 13.6. The highest BCUT2D eigenvalue weighted by Crippen LogP contribution is 2.24. The molecule has 0 radical (unpaired) electrons. The Bertz CT molecular complexity index is 1280. The maximum Gasteiger partial charge on any atom is 0.263 e. The number of hydrogen-bond donors (Lipinski definition) is 1. The summed E-state index contributed by atoms with van der Waals surface area (Å²) in [4.78, 5) is 25.8. The fourth-order valence-corrected chi connectivity index (χ4v) is 4.55. The number of nitrogens with one attached hydrogen (secondary N) is 1. The van der Waals surface area contributed by atoms with Crippen LogP contribution in [0.2, 0.25) is 0 Å². The van der Waals surface area contributed by atoms with Gasteiger partial charge in [-0.1, -0.05) is 18.2 Å². The highest BCUT2D eigenvalue weighted by atomic mass is 32.2. The standard InChI is InChI=1S/C21H21N3O4S/c1-23(2)29(27,28)17-10-8-16(9-11-17)22-20(25)18-13-15-6-3-5-14-7-4-12-24(19(14)15)21(18)26/h3,5-6,8-11,13H,4,7,12H2,1-2H3,(H,22,25). The maximum atomic E-state index is 12.9. The van der Waals surface area contributed by atoms with E-state index in [2.05, 4.69) is 5.32 Å². The molecule has 0 atom stereocenters. The second-order valence-electron chi connectivity index (χ2n) is 7.24. The van der Waals surface area contributed by atoms with Gasteiger partial charge in [0.05, 0.1) is 10.4 Å². The summed E-state index contributed by atoms with van der Waals surface area (Å²) < 4.78 is 27.1. The number of rotatable bonds is 4. The number of aryl methyl sites for hydroxylation is 2. The van der Waals surface area contributed by atoms with Crippen LogP contribution in [-0.4, -0.2) is 37.3 Å². The summed E-state index contributed by atoms with van der Waals surface area (Å²) in [6.45, 7) is 0.588. The van der Waals surface area contributed by atoms with Crippen LogP contribution in [0.5, 0.6) is 0 Å². The minimum Gasteiger partial charge on any atom is -0.322 e. The lowest BCUT2D eigenvalue weighted by Crippen LogP contribution is -2.31. The van der Waals surface area contributed by atoms with Gasteiger partial charge in [0.15, 0.2) is 0 Å². The lowest BCUT2D eigenvalue weighted by molar-refractivity contribution is 0.102. The number of carbonyl (C=O) groups excluding carboxylic acids is 1. The molecule has 150 valence electrons. The van der Waals surface area contributed by atoms with E-state index in [1.807, 2.05) is 18.2 Å². The molecule has 8 heteroatoms. The maximum absolute atomic E-state index is 12.9. The van der Waals surface area contributed by atoms with Crippen molar-refractivity contribution >= 4 is 32.5 Å². The van der Waals surface area contributed by atoms with E-state index in [0.29, 0.717) is 12.2 Å². The Morgan fingerprint density at radius 2 is 1.83 bits per heavy atom. The van der Waals surface area contributed by atoms with Crippen LogP contribution in [-0.2, 0) is 23.0 Å². The Labute approximate surface area is 168 Å². The Morgan fingerprint density at radius 3 is 2.52 bits per heavy atom. The second-order valence-corrected chi connectivity index (χ2v) is 9.39. The van der Waals surface area contributed by atoms with Crippen molar-refractivity contribution in [3.63, 3.8) is 0 Å². The number of para-hydroxylation sites is 1. The highest BCUT2D eigenvalue weighted by molar-refractivity contribution is 7.89. The molecule has 0 spiro atoms. The molecule has 0 saturated heterocycles. The molecule has 4 rings (SSSR count). The van der Waals surface area contributed by atoms with Crippen LogP contribution in [0.3, 0.4) is 0 Å². The summed E-state index contributed by atoms with van der Waals surface area (Å²) in [5.41, 5.74) is 2.20. The monoisotopic (exact) mass is 411 g/mol. The molecule has 0 saturated carbocycles. The van der Waals surface area contributed by atoms with Gasteiger partial charge in [0.2, 0.25) is 10.0 Å². The van der Waals surface area contributed by atoms with Gasteiger partial charge in [-0.05, 0) is 54.1 Å².